The van der Waals surface area contributed by atoms with Gasteiger partial charge in [0, 0.05) is 0 Å². The molecule has 0 saturated carbocycles. The monoisotopic (exact) mass is 446 g/mol. The van der Waals surface area contributed by atoms with Gasteiger partial charge >= 0.3 is 111 Å². The summed E-state index contributed by atoms with van der Waals surface area (Å²) in [5.41, 5.74) is 0. The third-order valence-corrected chi connectivity index (χ3v) is 5.87. The van der Waals surface area contributed by atoms with Gasteiger partial charge in [-0.15, -0.1) is 0 Å². The third-order valence-electron chi connectivity index (χ3n) is 4.52. The van der Waals surface area contributed by atoms with Crippen LogP contribution in [0.4, 0.5) is 0 Å². The summed E-state index contributed by atoms with van der Waals surface area (Å²) in [5, 5.41) is 10.1. The Morgan fingerprint density at radius 3 is 2.11 bits per heavy atom. The first-order chi connectivity index (χ1) is 13.2. The van der Waals surface area contributed by atoms with E-state index in [2.05, 4.69) is 37.0 Å². The van der Waals surface area contributed by atoms with Gasteiger partial charge in [0.15, 0.2) is 0 Å². The summed E-state index contributed by atoms with van der Waals surface area (Å²) >= 11 is 0.525. The number of carboxylic acid groups (broad SMARTS) is 1. The van der Waals surface area contributed by atoms with Crippen LogP contribution in [0.3, 0.4) is 0 Å². The van der Waals surface area contributed by atoms with Crippen molar-refractivity contribution in [3.8, 4) is 0 Å². The molecule has 0 radical (unpaired) electrons. The third kappa shape index (κ3) is 20.0. The Morgan fingerprint density at radius 2 is 1.52 bits per heavy atom. The molecule has 0 amide bonds. The van der Waals surface area contributed by atoms with Crippen LogP contribution in [-0.2, 0) is 9.53 Å². The van der Waals surface area contributed by atoms with Crippen LogP contribution in [0.15, 0.2) is 24.3 Å². The van der Waals surface area contributed by atoms with Crippen molar-refractivity contribution in [1.82, 2.24) is 0 Å². The molecule has 4 heteroatoms. The Morgan fingerprint density at radius 1 is 0.926 bits per heavy atom. The number of allylic oxidation sites excluding steroid dienone is 4. The first-order valence-electron chi connectivity index (χ1n) is 10.9. The fraction of sp³-hybridized carbons (Fsp3) is 0.783. The zero-order chi connectivity index (χ0) is 20.0. The van der Waals surface area contributed by atoms with Crippen molar-refractivity contribution in [3.05, 3.63) is 24.3 Å². The zero-order valence-electron chi connectivity index (χ0n) is 17.7. The molecule has 0 rings (SSSR count). The van der Waals surface area contributed by atoms with E-state index in [9.17, 15) is 4.79 Å². The molecule has 0 spiro atoms. The number of rotatable bonds is 20. The molecule has 0 aliphatic carbocycles. The minimum atomic E-state index is -0.806. The minimum absolute atomic E-state index is 0.525. The van der Waals surface area contributed by atoms with Gasteiger partial charge in [-0.25, -0.2) is 0 Å². The van der Waals surface area contributed by atoms with Gasteiger partial charge in [-0.05, 0) is 19.3 Å². The molecule has 0 aromatic rings. The Hall–Kier alpha value is -0.571. The number of ether oxygens (including phenoxy) is 1. The van der Waals surface area contributed by atoms with Crippen LogP contribution in [-0.4, -0.2) is 38.7 Å². The van der Waals surface area contributed by atoms with Gasteiger partial charge in [0.05, 0.1) is 0 Å². The van der Waals surface area contributed by atoms with Crippen LogP contribution < -0.4 is 0 Å². The number of hydrogen-bond acceptors (Lipinski definition) is 2. The van der Waals surface area contributed by atoms with Crippen molar-refractivity contribution in [3.63, 3.8) is 0 Å². The van der Waals surface area contributed by atoms with Crippen molar-refractivity contribution in [1.29, 1.82) is 0 Å². The van der Waals surface area contributed by atoms with E-state index in [0.29, 0.717) is 28.0 Å². The summed E-state index contributed by atoms with van der Waals surface area (Å²) in [7, 11) is 0. The Balaban J connectivity index is 3.37. The first kappa shape index (κ1) is 26.4. The topological polar surface area (TPSA) is 46.5 Å². The predicted octanol–water partition coefficient (Wildman–Crippen LogP) is 6.83. The molecule has 0 fully saturated rings. The van der Waals surface area contributed by atoms with Crippen molar-refractivity contribution in [2.75, 3.05) is 6.61 Å². The van der Waals surface area contributed by atoms with Crippen molar-refractivity contribution in [2.24, 2.45) is 0 Å². The fourth-order valence-electron chi connectivity index (χ4n) is 2.82. The van der Waals surface area contributed by atoms with E-state index in [-0.39, 0.29) is 0 Å². The molecular weight excluding hydrogens is 403 g/mol. The van der Waals surface area contributed by atoms with Crippen LogP contribution in [0.1, 0.15) is 90.4 Å². The van der Waals surface area contributed by atoms with Gasteiger partial charge < -0.3 is 0 Å². The molecule has 27 heavy (non-hydrogen) atoms. The van der Waals surface area contributed by atoms with Crippen LogP contribution in [0.25, 0.3) is 0 Å². The molecule has 1 atom stereocenters. The fourth-order valence-corrected chi connectivity index (χ4v) is 3.76. The standard InChI is InChI=1S/C23H42O3Se/c1-3-4-5-6-7-8-9-10-11-12-13-14-15-16-17-18-20-26-22(23(24)25)19-21-27-2/h7-8,10-11,22H,3-6,9,12-21H2,1-2H3,(H,24,25)/b8-7-,11-10-. The molecule has 0 heterocycles. The number of unbranched alkanes of at least 4 members (excludes halogenated alkanes) is 9. The number of hydrogen-bond donors (Lipinski definition) is 1. The second-order valence-corrected chi connectivity index (χ2v) is 9.13. The van der Waals surface area contributed by atoms with Crippen LogP contribution in [0.5, 0.6) is 0 Å². The summed E-state index contributed by atoms with van der Waals surface area (Å²) in [6.45, 7) is 2.83. The second kappa shape index (κ2) is 21.7. The SMILES string of the molecule is CCCCC/C=C\C/C=C\CCCCCCCCOC(CC[Se]C)C(=O)O. The van der Waals surface area contributed by atoms with Gasteiger partial charge in [0.2, 0.25) is 0 Å². The quantitative estimate of drug-likeness (QED) is 0.127. The molecule has 3 nitrogen and oxygen atoms in total. The van der Waals surface area contributed by atoms with E-state index in [1.54, 1.807) is 0 Å². The van der Waals surface area contributed by atoms with Crippen LogP contribution >= 0.6 is 0 Å². The Kier molecular flexibility index (Phi) is 21.3. The molecule has 0 aliphatic heterocycles. The summed E-state index contributed by atoms with van der Waals surface area (Å²) < 4.78 is 5.52. The van der Waals surface area contributed by atoms with E-state index >= 15 is 0 Å². The van der Waals surface area contributed by atoms with Gasteiger partial charge in [0.25, 0.3) is 0 Å². The molecule has 0 saturated heterocycles. The summed E-state index contributed by atoms with van der Waals surface area (Å²) in [4.78, 5) is 11.1. The van der Waals surface area contributed by atoms with E-state index in [1.165, 1.54) is 57.8 Å². The normalized spacial score (nSPS) is 13.0. The summed E-state index contributed by atoms with van der Waals surface area (Å²) in [5.74, 6) is 1.33. The Labute approximate surface area is 174 Å². The average Bonchev–Trinajstić information content (AvgIpc) is 2.66. The summed E-state index contributed by atoms with van der Waals surface area (Å²) in [6, 6.07) is 0. The zero-order valence-corrected chi connectivity index (χ0v) is 19.4. The van der Waals surface area contributed by atoms with Gasteiger partial charge in [-0.3, -0.25) is 0 Å². The number of carboxylic acids is 1. The maximum absolute atomic E-state index is 11.1. The second-order valence-electron chi connectivity index (χ2n) is 7.06. The van der Waals surface area contributed by atoms with E-state index < -0.39 is 12.1 Å². The molecule has 1 N–H and O–H groups in total. The average molecular weight is 446 g/mol. The Bertz CT molecular complexity index is 380. The van der Waals surface area contributed by atoms with Crippen LogP contribution in [0.2, 0.25) is 11.1 Å². The van der Waals surface area contributed by atoms with E-state index in [4.69, 9.17) is 9.84 Å². The molecule has 0 aromatic heterocycles. The van der Waals surface area contributed by atoms with Gasteiger partial charge in [-0.2, -0.15) is 0 Å². The summed E-state index contributed by atoms with van der Waals surface area (Å²) in [6.07, 6.45) is 23.9. The number of carbonyl (C=O) groups is 1. The van der Waals surface area contributed by atoms with Crippen molar-refractivity contribution in [2.45, 2.75) is 108 Å². The molecular formula is C23H42O3Se. The number of aliphatic carboxylic acids is 1. The van der Waals surface area contributed by atoms with E-state index in [0.717, 1.165) is 24.6 Å². The van der Waals surface area contributed by atoms with Gasteiger partial charge in [-0.1, -0.05) is 44.1 Å². The first-order valence-corrected chi connectivity index (χ1v) is 13.8. The van der Waals surface area contributed by atoms with E-state index in [1.807, 2.05) is 0 Å². The molecule has 0 bridgehead atoms. The van der Waals surface area contributed by atoms with Crippen molar-refractivity contribution >= 4 is 20.9 Å². The molecule has 0 aliphatic rings. The van der Waals surface area contributed by atoms with Crippen LogP contribution in [0, 0.1) is 0 Å². The van der Waals surface area contributed by atoms with Crippen molar-refractivity contribution < 1.29 is 14.6 Å². The maximum atomic E-state index is 11.1. The molecule has 158 valence electrons. The molecule has 1 unspecified atom stereocenters. The van der Waals surface area contributed by atoms with Gasteiger partial charge in [0.1, 0.15) is 0 Å². The predicted molar refractivity (Wildman–Crippen MR) is 118 cm³/mol. The molecule has 0 aromatic carbocycles.